The Labute approximate surface area is 186 Å². The molecule has 2 aromatic carbocycles. The number of nitrogens with one attached hydrogen (secondary N) is 2. The highest BCUT2D eigenvalue weighted by molar-refractivity contribution is 9.10. The van der Waals surface area contributed by atoms with Gasteiger partial charge in [-0.3, -0.25) is 14.9 Å². The van der Waals surface area contributed by atoms with Gasteiger partial charge in [0, 0.05) is 21.3 Å². The maximum atomic E-state index is 12.4. The van der Waals surface area contributed by atoms with Crippen molar-refractivity contribution >= 4 is 61.4 Å². The molecule has 1 aromatic heterocycles. The summed E-state index contributed by atoms with van der Waals surface area (Å²) in [6.45, 7) is 1.86. The van der Waals surface area contributed by atoms with Crippen molar-refractivity contribution in [2.75, 3.05) is 5.32 Å². The van der Waals surface area contributed by atoms with E-state index in [9.17, 15) is 9.59 Å². The smallest absolute Gasteiger partial charge is 0.257 e. The van der Waals surface area contributed by atoms with E-state index in [1.165, 1.54) is 11.3 Å². The molecule has 0 atom stereocenters. The molecular weight excluding hydrogens is 470 g/mol. The van der Waals surface area contributed by atoms with Crippen LogP contribution in [0.5, 0.6) is 0 Å². The Balaban J connectivity index is 1.78. The van der Waals surface area contributed by atoms with E-state index in [0.717, 1.165) is 20.5 Å². The molecule has 148 valence electrons. The molecule has 8 heteroatoms. The highest BCUT2D eigenvalue weighted by Crippen LogP contribution is 2.34. The van der Waals surface area contributed by atoms with E-state index in [-0.39, 0.29) is 11.0 Å². The monoisotopic (exact) mass is 487 g/mol. The van der Waals surface area contributed by atoms with Crippen molar-refractivity contribution < 1.29 is 9.59 Å². The summed E-state index contributed by atoms with van der Waals surface area (Å²) < 4.78 is 0.791. The minimum absolute atomic E-state index is 0.102. The molecule has 0 aliphatic carbocycles. The van der Waals surface area contributed by atoms with Gasteiger partial charge in [0.15, 0.2) is 5.11 Å². The first-order chi connectivity index (χ1) is 13.8. The Morgan fingerprint density at radius 3 is 2.52 bits per heavy atom. The summed E-state index contributed by atoms with van der Waals surface area (Å²) in [5, 5.41) is 6.22. The summed E-state index contributed by atoms with van der Waals surface area (Å²) in [6.07, 6.45) is 0.677. The van der Waals surface area contributed by atoms with E-state index in [0.29, 0.717) is 22.5 Å². The van der Waals surface area contributed by atoms with Crippen molar-refractivity contribution in [1.29, 1.82) is 0 Å². The molecule has 0 aliphatic heterocycles. The number of amides is 2. The molecule has 3 rings (SSSR count). The molecule has 0 spiro atoms. The highest BCUT2D eigenvalue weighted by Gasteiger charge is 2.20. The maximum Gasteiger partial charge on any atom is 0.257 e. The third kappa shape index (κ3) is 5.29. The standard InChI is InChI=1S/C21H18BrN3O2S2/c1-12-16(10-13-6-3-2-4-7-13)29-20(17(12)18(23)26)25-21(28)24-19(27)14-8-5-9-15(22)11-14/h2-9,11H,10H2,1H3,(H2,23,26)(H2,24,25,27,28). The van der Waals surface area contributed by atoms with Gasteiger partial charge in [0.25, 0.3) is 11.8 Å². The molecule has 5 nitrogen and oxygen atoms in total. The molecule has 3 aromatic rings. The Kier molecular flexibility index (Phi) is 6.79. The fourth-order valence-corrected chi connectivity index (χ4v) is 4.74. The van der Waals surface area contributed by atoms with Crippen LogP contribution in [0.25, 0.3) is 0 Å². The SMILES string of the molecule is Cc1c(Cc2ccccc2)sc(NC(=S)NC(=O)c2cccc(Br)c2)c1C(N)=O. The lowest BCUT2D eigenvalue weighted by atomic mass is 10.1. The number of hydrogen-bond donors (Lipinski definition) is 3. The van der Waals surface area contributed by atoms with E-state index in [1.54, 1.807) is 18.2 Å². The lowest BCUT2D eigenvalue weighted by Crippen LogP contribution is -2.34. The minimum atomic E-state index is -0.540. The Morgan fingerprint density at radius 2 is 1.86 bits per heavy atom. The van der Waals surface area contributed by atoms with Crippen LogP contribution >= 0.6 is 39.5 Å². The average Bonchev–Trinajstić information content (AvgIpc) is 2.97. The van der Waals surface area contributed by atoms with Crippen molar-refractivity contribution in [1.82, 2.24) is 5.32 Å². The van der Waals surface area contributed by atoms with Gasteiger partial charge < -0.3 is 11.1 Å². The molecule has 0 bridgehead atoms. The van der Waals surface area contributed by atoms with Gasteiger partial charge in [-0.15, -0.1) is 11.3 Å². The van der Waals surface area contributed by atoms with E-state index in [4.69, 9.17) is 18.0 Å². The number of rotatable bonds is 5. The van der Waals surface area contributed by atoms with Gasteiger partial charge >= 0.3 is 0 Å². The highest BCUT2D eigenvalue weighted by atomic mass is 79.9. The van der Waals surface area contributed by atoms with Gasteiger partial charge in [-0.2, -0.15) is 0 Å². The van der Waals surface area contributed by atoms with Crippen LogP contribution in [-0.2, 0) is 6.42 Å². The summed E-state index contributed by atoms with van der Waals surface area (Å²) in [7, 11) is 0. The second-order valence-electron chi connectivity index (χ2n) is 6.30. The largest absolute Gasteiger partial charge is 0.365 e. The van der Waals surface area contributed by atoms with Crippen LogP contribution in [0.15, 0.2) is 59.1 Å². The maximum absolute atomic E-state index is 12.4. The quantitative estimate of drug-likeness (QED) is 0.457. The lowest BCUT2D eigenvalue weighted by Gasteiger charge is -2.09. The lowest BCUT2D eigenvalue weighted by molar-refractivity contribution is 0.0975. The van der Waals surface area contributed by atoms with Crippen LogP contribution in [-0.4, -0.2) is 16.9 Å². The first kappa shape index (κ1) is 21.2. The number of nitrogens with two attached hydrogens (primary N) is 1. The Bertz CT molecular complexity index is 1080. The van der Waals surface area contributed by atoms with Crippen LogP contribution < -0.4 is 16.4 Å². The van der Waals surface area contributed by atoms with E-state index >= 15 is 0 Å². The van der Waals surface area contributed by atoms with Crippen molar-refractivity contribution in [3.05, 3.63) is 86.2 Å². The Morgan fingerprint density at radius 1 is 1.14 bits per heavy atom. The van der Waals surface area contributed by atoms with Crippen molar-refractivity contribution in [3.8, 4) is 0 Å². The molecule has 1 heterocycles. The first-order valence-electron chi connectivity index (χ1n) is 8.69. The zero-order chi connectivity index (χ0) is 21.0. The fourth-order valence-electron chi connectivity index (χ4n) is 2.83. The Hall–Kier alpha value is -2.55. The topological polar surface area (TPSA) is 84.2 Å². The van der Waals surface area contributed by atoms with Crippen molar-refractivity contribution in [3.63, 3.8) is 0 Å². The van der Waals surface area contributed by atoms with Gasteiger partial charge in [0.05, 0.1) is 5.56 Å². The molecule has 0 fully saturated rings. The molecule has 0 unspecified atom stereocenters. The normalized spacial score (nSPS) is 10.4. The second kappa shape index (κ2) is 9.30. The summed E-state index contributed by atoms with van der Waals surface area (Å²) in [6, 6.07) is 16.9. The molecule has 29 heavy (non-hydrogen) atoms. The van der Waals surface area contributed by atoms with Crippen LogP contribution in [0.4, 0.5) is 5.00 Å². The van der Waals surface area contributed by atoms with Gasteiger partial charge in [-0.1, -0.05) is 52.3 Å². The van der Waals surface area contributed by atoms with Crippen LogP contribution in [0.1, 0.15) is 36.7 Å². The van der Waals surface area contributed by atoms with E-state index in [1.807, 2.05) is 43.3 Å². The predicted molar refractivity (Wildman–Crippen MR) is 125 cm³/mol. The zero-order valence-corrected chi connectivity index (χ0v) is 18.7. The average molecular weight is 488 g/mol. The molecule has 0 aliphatic rings. The second-order valence-corrected chi connectivity index (χ2v) is 8.73. The van der Waals surface area contributed by atoms with E-state index in [2.05, 4.69) is 26.6 Å². The van der Waals surface area contributed by atoms with Crippen LogP contribution in [0.2, 0.25) is 0 Å². The molecule has 0 saturated carbocycles. The molecule has 0 saturated heterocycles. The summed E-state index contributed by atoms with van der Waals surface area (Å²) in [4.78, 5) is 25.4. The molecule has 2 amide bonds. The minimum Gasteiger partial charge on any atom is -0.365 e. The van der Waals surface area contributed by atoms with Crippen molar-refractivity contribution in [2.45, 2.75) is 13.3 Å². The molecular formula is C21H18BrN3O2S2. The number of thiophene rings is 1. The summed E-state index contributed by atoms with van der Waals surface area (Å²) in [5.74, 6) is -0.885. The van der Waals surface area contributed by atoms with Crippen molar-refractivity contribution in [2.24, 2.45) is 5.73 Å². The third-order valence-electron chi connectivity index (χ3n) is 4.24. The number of primary amides is 1. The number of hydrogen-bond acceptors (Lipinski definition) is 4. The third-order valence-corrected chi connectivity index (χ3v) is 6.15. The predicted octanol–water partition coefficient (Wildman–Crippen LogP) is 4.64. The van der Waals surface area contributed by atoms with Gasteiger partial charge in [0.1, 0.15) is 5.00 Å². The van der Waals surface area contributed by atoms with Gasteiger partial charge in [0.2, 0.25) is 0 Å². The zero-order valence-electron chi connectivity index (χ0n) is 15.5. The number of carbonyl (C=O) groups is 2. The summed E-state index contributed by atoms with van der Waals surface area (Å²) in [5.41, 5.74) is 8.40. The van der Waals surface area contributed by atoms with E-state index < -0.39 is 5.91 Å². The number of benzene rings is 2. The van der Waals surface area contributed by atoms with Crippen LogP contribution in [0.3, 0.4) is 0 Å². The molecule has 0 radical (unpaired) electrons. The fraction of sp³-hybridized carbons (Fsp3) is 0.0952. The number of thiocarbonyl (C=S) groups is 1. The van der Waals surface area contributed by atoms with Gasteiger partial charge in [-0.25, -0.2) is 0 Å². The first-order valence-corrected chi connectivity index (χ1v) is 10.7. The van der Waals surface area contributed by atoms with Gasteiger partial charge in [-0.05, 0) is 48.5 Å². The van der Waals surface area contributed by atoms with Crippen LogP contribution in [0, 0.1) is 6.92 Å². The summed E-state index contributed by atoms with van der Waals surface area (Å²) >= 11 is 10.0. The number of carbonyl (C=O) groups excluding carboxylic acids is 2. The molecule has 4 N–H and O–H groups in total. The number of anilines is 1. The number of halogens is 1.